The molecule has 1 aliphatic carbocycles. The van der Waals surface area contributed by atoms with E-state index >= 15 is 0 Å². The van der Waals surface area contributed by atoms with Crippen LogP contribution in [-0.4, -0.2) is 23.2 Å². The van der Waals surface area contributed by atoms with Crippen LogP contribution in [0.3, 0.4) is 0 Å². The van der Waals surface area contributed by atoms with Crippen LogP contribution < -0.4 is 11.1 Å². The average molecular weight is 248 g/mol. The lowest BCUT2D eigenvalue weighted by atomic mass is 10.1. The Hall–Kier alpha value is -1.39. The van der Waals surface area contributed by atoms with Crippen LogP contribution in [0.15, 0.2) is 24.3 Å². The Kier molecular flexibility index (Phi) is 3.99. The summed E-state index contributed by atoms with van der Waals surface area (Å²) in [5, 5.41) is 12.9. The number of amides is 1. The summed E-state index contributed by atoms with van der Waals surface area (Å²) in [6.07, 6.45) is 1.57. The molecule has 0 bridgehead atoms. The highest BCUT2D eigenvalue weighted by molar-refractivity contribution is 5.82. The third-order valence-corrected chi connectivity index (χ3v) is 3.44. The predicted octanol–water partition coefficient (Wildman–Crippen LogP) is 0.888. The van der Waals surface area contributed by atoms with Gasteiger partial charge in [0, 0.05) is 6.42 Å². The molecule has 18 heavy (non-hydrogen) atoms. The van der Waals surface area contributed by atoms with Gasteiger partial charge >= 0.3 is 0 Å². The van der Waals surface area contributed by atoms with E-state index in [0.29, 0.717) is 12.8 Å². The van der Waals surface area contributed by atoms with Gasteiger partial charge in [0.1, 0.15) is 0 Å². The molecule has 4 heteroatoms. The normalized spacial score (nSPS) is 23.5. The number of fused-ring (bicyclic) bond motifs is 1. The number of carbonyl (C=O) groups is 1. The van der Waals surface area contributed by atoms with E-state index in [1.807, 2.05) is 31.2 Å². The fourth-order valence-corrected chi connectivity index (χ4v) is 2.45. The van der Waals surface area contributed by atoms with Gasteiger partial charge in [-0.1, -0.05) is 37.6 Å². The van der Waals surface area contributed by atoms with Crippen LogP contribution >= 0.6 is 0 Å². The van der Waals surface area contributed by atoms with Gasteiger partial charge in [-0.3, -0.25) is 4.79 Å². The van der Waals surface area contributed by atoms with Crippen LogP contribution in [0.2, 0.25) is 0 Å². The monoisotopic (exact) mass is 248 g/mol. The number of nitrogens with two attached hydrogens (primary N) is 1. The second-order valence-electron chi connectivity index (χ2n) is 4.85. The van der Waals surface area contributed by atoms with E-state index in [9.17, 15) is 9.90 Å². The number of nitrogens with one attached hydrogen (secondary N) is 1. The Morgan fingerprint density at radius 2 is 2.28 bits per heavy atom. The molecule has 0 fully saturated rings. The SMILES string of the molecule is CCCC(N)C(=O)NC1c2ccccc2CC1O. The van der Waals surface area contributed by atoms with E-state index in [4.69, 9.17) is 5.73 Å². The standard InChI is InChI=1S/C14H20N2O2/c1-2-5-11(15)14(18)16-13-10-7-4-3-6-9(10)8-12(13)17/h3-4,6-7,11-13,17H,2,5,8,15H2,1H3,(H,16,18). The van der Waals surface area contributed by atoms with Crippen LogP contribution in [0.5, 0.6) is 0 Å². The maximum absolute atomic E-state index is 11.9. The highest BCUT2D eigenvalue weighted by Crippen LogP contribution is 2.31. The molecule has 1 aliphatic rings. The molecule has 3 unspecified atom stereocenters. The van der Waals surface area contributed by atoms with Crippen molar-refractivity contribution < 1.29 is 9.90 Å². The first kappa shape index (κ1) is 13.1. The molecule has 0 spiro atoms. The first-order valence-electron chi connectivity index (χ1n) is 6.45. The van der Waals surface area contributed by atoms with Crippen molar-refractivity contribution in [2.75, 3.05) is 0 Å². The molecule has 0 aromatic heterocycles. The molecule has 4 nitrogen and oxygen atoms in total. The first-order chi connectivity index (χ1) is 8.63. The molecule has 4 N–H and O–H groups in total. The number of hydrogen-bond acceptors (Lipinski definition) is 3. The summed E-state index contributed by atoms with van der Waals surface area (Å²) in [6.45, 7) is 1.99. The molecule has 1 aromatic rings. The Bertz CT molecular complexity index is 434. The van der Waals surface area contributed by atoms with E-state index in [-0.39, 0.29) is 11.9 Å². The van der Waals surface area contributed by atoms with Crippen molar-refractivity contribution in [2.45, 2.75) is 44.4 Å². The largest absolute Gasteiger partial charge is 0.390 e. The molecule has 0 saturated carbocycles. The summed E-state index contributed by atoms with van der Waals surface area (Å²) in [7, 11) is 0. The van der Waals surface area contributed by atoms with Gasteiger partial charge in [0.05, 0.1) is 18.2 Å². The Morgan fingerprint density at radius 3 is 3.00 bits per heavy atom. The Morgan fingerprint density at radius 1 is 1.56 bits per heavy atom. The number of aliphatic hydroxyl groups is 1. The van der Waals surface area contributed by atoms with Gasteiger partial charge in [0.25, 0.3) is 0 Å². The smallest absolute Gasteiger partial charge is 0.237 e. The highest BCUT2D eigenvalue weighted by atomic mass is 16.3. The Balaban J connectivity index is 2.08. The van der Waals surface area contributed by atoms with Crippen molar-refractivity contribution in [1.29, 1.82) is 0 Å². The lowest BCUT2D eigenvalue weighted by Gasteiger charge is -2.20. The zero-order valence-electron chi connectivity index (χ0n) is 10.6. The maximum atomic E-state index is 11.9. The maximum Gasteiger partial charge on any atom is 0.237 e. The zero-order valence-corrected chi connectivity index (χ0v) is 10.6. The molecule has 0 heterocycles. The number of benzene rings is 1. The molecule has 98 valence electrons. The van der Waals surface area contributed by atoms with E-state index in [1.165, 1.54) is 0 Å². The van der Waals surface area contributed by atoms with Gasteiger partial charge in [-0.2, -0.15) is 0 Å². The first-order valence-corrected chi connectivity index (χ1v) is 6.45. The van der Waals surface area contributed by atoms with Crippen molar-refractivity contribution in [3.8, 4) is 0 Å². The third-order valence-electron chi connectivity index (χ3n) is 3.44. The summed E-state index contributed by atoms with van der Waals surface area (Å²) in [5.41, 5.74) is 7.88. The van der Waals surface area contributed by atoms with Crippen LogP contribution in [0, 0.1) is 0 Å². The van der Waals surface area contributed by atoms with E-state index < -0.39 is 12.1 Å². The van der Waals surface area contributed by atoms with Gasteiger partial charge in [0.2, 0.25) is 5.91 Å². The fraction of sp³-hybridized carbons (Fsp3) is 0.500. The van der Waals surface area contributed by atoms with Crippen molar-refractivity contribution in [3.05, 3.63) is 35.4 Å². The summed E-state index contributed by atoms with van der Waals surface area (Å²) in [4.78, 5) is 11.9. The van der Waals surface area contributed by atoms with Crippen LogP contribution in [0.1, 0.15) is 36.9 Å². The second-order valence-corrected chi connectivity index (χ2v) is 4.85. The number of aliphatic hydroxyl groups excluding tert-OH is 1. The lowest BCUT2D eigenvalue weighted by Crippen LogP contribution is -2.44. The molecular weight excluding hydrogens is 228 g/mol. The third kappa shape index (κ3) is 2.54. The lowest BCUT2D eigenvalue weighted by molar-refractivity contribution is -0.124. The zero-order chi connectivity index (χ0) is 13.1. The highest BCUT2D eigenvalue weighted by Gasteiger charge is 2.32. The van der Waals surface area contributed by atoms with Crippen LogP contribution in [0.25, 0.3) is 0 Å². The fourth-order valence-electron chi connectivity index (χ4n) is 2.45. The second kappa shape index (κ2) is 5.50. The predicted molar refractivity (Wildman–Crippen MR) is 69.9 cm³/mol. The van der Waals surface area contributed by atoms with Crippen molar-refractivity contribution >= 4 is 5.91 Å². The molecule has 0 saturated heterocycles. The summed E-state index contributed by atoms with van der Waals surface area (Å²) < 4.78 is 0. The number of carbonyl (C=O) groups excluding carboxylic acids is 1. The van der Waals surface area contributed by atoms with Crippen molar-refractivity contribution in [3.63, 3.8) is 0 Å². The molecule has 3 atom stereocenters. The minimum absolute atomic E-state index is 0.183. The average Bonchev–Trinajstić information content (AvgIpc) is 2.66. The summed E-state index contributed by atoms with van der Waals surface area (Å²) in [6, 6.07) is 6.98. The van der Waals surface area contributed by atoms with Crippen LogP contribution in [-0.2, 0) is 11.2 Å². The van der Waals surface area contributed by atoms with Gasteiger partial charge < -0.3 is 16.2 Å². The molecule has 0 radical (unpaired) electrons. The van der Waals surface area contributed by atoms with Gasteiger partial charge in [-0.05, 0) is 17.5 Å². The van der Waals surface area contributed by atoms with E-state index in [2.05, 4.69) is 5.32 Å². The van der Waals surface area contributed by atoms with Gasteiger partial charge in [-0.15, -0.1) is 0 Å². The molecule has 0 aliphatic heterocycles. The minimum Gasteiger partial charge on any atom is -0.390 e. The topological polar surface area (TPSA) is 75.4 Å². The molecule has 2 rings (SSSR count). The van der Waals surface area contributed by atoms with Gasteiger partial charge in [0.15, 0.2) is 0 Å². The van der Waals surface area contributed by atoms with Crippen molar-refractivity contribution in [1.82, 2.24) is 5.32 Å². The minimum atomic E-state index is -0.555. The van der Waals surface area contributed by atoms with E-state index in [0.717, 1.165) is 17.5 Å². The quantitative estimate of drug-likeness (QED) is 0.740. The molecule has 1 amide bonds. The van der Waals surface area contributed by atoms with Crippen molar-refractivity contribution in [2.24, 2.45) is 5.73 Å². The van der Waals surface area contributed by atoms with Crippen LogP contribution in [0.4, 0.5) is 0 Å². The summed E-state index contributed by atoms with van der Waals surface area (Å²) >= 11 is 0. The molecular formula is C14H20N2O2. The summed E-state index contributed by atoms with van der Waals surface area (Å²) in [5.74, 6) is -0.183. The molecule has 1 aromatic carbocycles. The number of rotatable bonds is 4. The Labute approximate surface area is 107 Å². The van der Waals surface area contributed by atoms with Gasteiger partial charge in [-0.25, -0.2) is 0 Å². The van der Waals surface area contributed by atoms with E-state index in [1.54, 1.807) is 0 Å². The number of hydrogen-bond donors (Lipinski definition) is 3.